The van der Waals surface area contributed by atoms with Gasteiger partial charge in [-0.1, -0.05) is 6.58 Å². The fraction of sp³-hybridized carbons (Fsp3) is 0.200. The maximum absolute atomic E-state index is 10.4. The van der Waals surface area contributed by atoms with Gasteiger partial charge in [-0.25, -0.2) is 4.79 Å². The number of nitriles is 1. The molecule has 0 unspecified atom stereocenters. The molecule has 0 aliphatic carbocycles. The zero-order valence-electron chi connectivity index (χ0n) is 4.63. The van der Waals surface area contributed by atoms with Gasteiger partial charge in [0.2, 0.25) is 0 Å². The molecule has 4 heteroatoms. The number of ether oxygens (including phenoxy) is 1. The summed E-state index contributed by atoms with van der Waals surface area (Å²) in [5, 5.41) is 8.06. The maximum atomic E-state index is 10.4. The van der Waals surface area contributed by atoms with E-state index in [1.807, 2.05) is 0 Å². The third-order valence-electron chi connectivity index (χ3n) is 0.577. The standard InChI is InChI=1S/C5H5NO2S/c1-4(2-6)5(7)8-3-9/h9H,1,3H2. The van der Waals surface area contributed by atoms with Gasteiger partial charge in [0.15, 0.2) is 0 Å². The van der Waals surface area contributed by atoms with Crippen LogP contribution in [0.5, 0.6) is 0 Å². The van der Waals surface area contributed by atoms with Crippen molar-refractivity contribution >= 4 is 18.6 Å². The fourth-order valence-corrected chi connectivity index (χ4v) is 0.309. The highest BCUT2D eigenvalue weighted by molar-refractivity contribution is 7.80. The summed E-state index contributed by atoms with van der Waals surface area (Å²) >= 11 is 3.60. The number of carbonyl (C=O) groups excluding carboxylic acids is 1. The molecular weight excluding hydrogens is 138 g/mol. The van der Waals surface area contributed by atoms with E-state index in [1.54, 1.807) is 6.07 Å². The predicted octanol–water partition coefficient (Wildman–Crippen LogP) is 0.497. The van der Waals surface area contributed by atoms with Crippen molar-refractivity contribution in [1.29, 1.82) is 5.26 Å². The van der Waals surface area contributed by atoms with Gasteiger partial charge in [0, 0.05) is 0 Å². The number of nitrogens with zero attached hydrogens (tertiary/aromatic N) is 1. The number of hydrogen-bond acceptors (Lipinski definition) is 4. The summed E-state index contributed by atoms with van der Waals surface area (Å²) in [6, 6.07) is 1.55. The lowest BCUT2D eigenvalue weighted by Gasteiger charge is -1.94. The van der Waals surface area contributed by atoms with Crippen LogP contribution in [0.2, 0.25) is 0 Å². The number of carbonyl (C=O) groups is 1. The summed E-state index contributed by atoms with van der Waals surface area (Å²) in [5.74, 6) is -0.744. The van der Waals surface area contributed by atoms with Crippen molar-refractivity contribution in [3.63, 3.8) is 0 Å². The van der Waals surface area contributed by atoms with Gasteiger partial charge in [0.1, 0.15) is 17.6 Å². The van der Waals surface area contributed by atoms with E-state index in [0.717, 1.165) is 0 Å². The second-order valence-corrected chi connectivity index (χ2v) is 1.41. The monoisotopic (exact) mass is 143 g/mol. The van der Waals surface area contributed by atoms with E-state index in [-0.39, 0.29) is 11.5 Å². The van der Waals surface area contributed by atoms with E-state index in [0.29, 0.717) is 0 Å². The molecule has 0 amide bonds. The Morgan fingerprint density at radius 3 is 2.78 bits per heavy atom. The van der Waals surface area contributed by atoms with Crippen LogP contribution in [0, 0.1) is 11.3 Å². The molecule has 48 valence electrons. The average molecular weight is 143 g/mol. The minimum Gasteiger partial charge on any atom is -0.451 e. The molecule has 3 nitrogen and oxygen atoms in total. The highest BCUT2D eigenvalue weighted by Gasteiger charge is 2.04. The third-order valence-corrected chi connectivity index (χ3v) is 0.706. The van der Waals surface area contributed by atoms with Crippen LogP contribution in [0.1, 0.15) is 0 Å². The van der Waals surface area contributed by atoms with Gasteiger partial charge in [-0.05, 0) is 0 Å². The lowest BCUT2D eigenvalue weighted by Crippen LogP contribution is -2.03. The molecule has 0 spiro atoms. The van der Waals surface area contributed by atoms with Crippen molar-refractivity contribution in [2.24, 2.45) is 0 Å². The number of hydrogen-bond donors (Lipinski definition) is 1. The smallest absolute Gasteiger partial charge is 0.349 e. The first-order valence-corrected chi connectivity index (χ1v) is 2.72. The van der Waals surface area contributed by atoms with E-state index in [1.165, 1.54) is 0 Å². The summed E-state index contributed by atoms with van der Waals surface area (Å²) in [6.07, 6.45) is 0. The summed E-state index contributed by atoms with van der Waals surface area (Å²) in [4.78, 5) is 10.4. The van der Waals surface area contributed by atoms with Crippen LogP contribution in [-0.4, -0.2) is 11.9 Å². The zero-order chi connectivity index (χ0) is 7.28. The topological polar surface area (TPSA) is 50.1 Å². The minimum absolute atomic E-state index is 0.0282. The van der Waals surface area contributed by atoms with Crippen LogP contribution >= 0.6 is 12.6 Å². The van der Waals surface area contributed by atoms with Crippen LogP contribution in [0.3, 0.4) is 0 Å². The maximum Gasteiger partial charge on any atom is 0.349 e. The number of thiol groups is 1. The minimum atomic E-state index is -0.715. The molecule has 9 heavy (non-hydrogen) atoms. The van der Waals surface area contributed by atoms with Crippen LogP contribution in [0.4, 0.5) is 0 Å². The van der Waals surface area contributed by atoms with E-state index >= 15 is 0 Å². The van der Waals surface area contributed by atoms with Crippen molar-refractivity contribution in [2.45, 2.75) is 0 Å². The fourth-order valence-electron chi connectivity index (χ4n) is 0.191. The van der Waals surface area contributed by atoms with Crippen molar-refractivity contribution in [3.05, 3.63) is 12.2 Å². The SMILES string of the molecule is C=C(C#N)C(=O)OCS. The zero-order valence-corrected chi connectivity index (χ0v) is 5.52. The summed E-state index contributed by atoms with van der Waals surface area (Å²) < 4.78 is 4.30. The van der Waals surface area contributed by atoms with Gasteiger partial charge in [-0.2, -0.15) is 5.26 Å². The molecule has 0 radical (unpaired) electrons. The van der Waals surface area contributed by atoms with Gasteiger partial charge in [-0.15, -0.1) is 12.6 Å². The molecule has 0 fully saturated rings. The Hall–Kier alpha value is -0.950. The normalized spacial score (nSPS) is 7.56. The molecule has 0 N–H and O–H groups in total. The Balaban J connectivity index is 3.78. The molecule has 0 saturated heterocycles. The Morgan fingerprint density at radius 2 is 2.44 bits per heavy atom. The molecule has 0 aliphatic rings. The molecular formula is C5H5NO2S. The Bertz CT molecular complexity index is 170. The molecule has 0 heterocycles. The van der Waals surface area contributed by atoms with Crippen molar-refractivity contribution in [1.82, 2.24) is 0 Å². The third kappa shape index (κ3) is 2.77. The first kappa shape index (κ1) is 8.05. The van der Waals surface area contributed by atoms with Crippen LogP contribution in [0.25, 0.3) is 0 Å². The van der Waals surface area contributed by atoms with E-state index in [2.05, 4.69) is 23.9 Å². The summed E-state index contributed by atoms with van der Waals surface area (Å²) in [5.41, 5.74) is -0.205. The predicted molar refractivity (Wildman–Crippen MR) is 34.7 cm³/mol. The largest absolute Gasteiger partial charge is 0.451 e. The van der Waals surface area contributed by atoms with E-state index in [4.69, 9.17) is 5.26 Å². The van der Waals surface area contributed by atoms with E-state index < -0.39 is 5.97 Å². The van der Waals surface area contributed by atoms with Gasteiger partial charge < -0.3 is 4.74 Å². The Kier molecular flexibility index (Phi) is 3.56. The van der Waals surface area contributed by atoms with Crippen molar-refractivity contribution in [3.8, 4) is 6.07 Å². The lowest BCUT2D eigenvalue weighted by molar-refractivity contribution is -0.136. The van der Waals surface area contributed by atoms with Crippen molar-refractivity contribution in [2.75, 3.05) is 5.94 Å². The van der Waals surface area contributed by atoms with Gasteiger partial charge in [0.05, 0.1) is 0 Å². The molecule has 0 bridgehead atoms. The Labute approximate surface area is 58.3 Å². The quantitative estimate of drug-likeness (QED) is 0.201. The highest BCUT2D eigenvalue weighted by Crippen LogP contribution is 1.91. The molecule has 0 aromatic rings. The second-order valence-electron chi connectivity index (χ2n) is 1.15. The van der Waals surface area contributed by atoms with Crippen LogP contribution in [0.15, 0.2) is 12.2 Å². The van der Waals surface area contributed by atoms with Gasteiger partial charge in [-0.3, -0.25) is 0 Å². The first-order chi connectivity index (χ1) is 4.22. The van der Waals surface area contributed by atoms with Crippen LogP contribution in [-0.2, 0) is 9.53 Å². The first-order valence-electron chi connectivity index (χ1n) is 2.09. The van der Waals surface area contributed by atoms with E-state index in [9.17, 15) is 4.79 Å². The number of rotatable bonds is 2. The molecule has 0 aromatic heterocycles. The van der Waals surface area contributed by atoms with Gasteiger partial charge >= 0.3 is 5.97 Å². The Morgan fingerprint density at radius 1 is 1.89 bits per heavy atom. The molecule has 0 rings (SSSR count). The van der Waals surface area contributed by atoms with Crippen LogP contribution < -0.4 is 0 Å². The average Bonchev–Trinajstić information content (AvgIpc) is 1.87. The summed E-state index contributed by atoms with van der Waals surface area (Å²) in [6.45, 7) is 3.12. The highest BCUT2D eigenvalue weighted by atomic mass is 32.1. The molecule has 0 aromatic carbocycles. The van der Waals surface area contributed by atoms with Gasteiger partial charge in [0.25, 0.3) is 0 Å². The summed E-state index contributed by atoms with van der Waals surface area (Å²) in [7, 11) is 0. The molecule has 0 aliphatic heterocycles. The second kappa shape index (κ2) is 3.98. The molecule has 0 saturated carbocycles. The number of esters is 1. The lowest BCUT2D eigenvalue weighted by atomic mass is 10.3. The van der Waals surface area contributed by atoms with Crippen molar-refractivity contribution < 1.29 is 9.53 Å². The molecule has 0 atom stereocenters.